The number of hydrogen-bond acceptors (Lipinski definition) is 4. The Morgan fingerprint density at radius 2 is 1.42 bits per heavy atom. The Morgan fingerprint density at radius 3 is 1.79 bits per heavy atom. The minimum atomic E-state index is -0.354. The monoisotopic (exact) mass is 314 g/mol. The molecule has 0 spiro atoms. The normalized spacial score (nSPS) is 11.2. The van der Waals surface area contributed by atoms with Crippen molar-refractivity contribution in [2.45, 2.75) is 6.04 Å². The zero-order valence-corrected chi connectivity index (χ0v) is 12.7. The quantitative estimate of drug-likeness (QED) is 0.651. The molecule has 2 rings (SSSR count). The van der Waals surface area contributed by atoms with E-state index in [-0.39, 0.29) is 11.9 Å². The smallest absolute Gasteiger partial charge is 0.142 e. The molecule has 6 heteroatoms. The summed E-state index contributed by atoms with van der Waals surface area (Å²) in [7, 11) is 0. The van der Waals surface area contributed by atoms with Gasteiger partial charge in [-0.1, -0.05) is 24.3 Å². The maximum atomic E-state index is 8.91. The van der Waals surface area contributed by atoms with Gasteiger partial charge < -0.3 is 11.1 Å². The summed E-state index contributed by atoms with van der Waals surface area (Å²) in [5, 5.41) is 24.8. The van der Waals surface area contributed by atoms with E-state index in [0.717, 1.165) is 17.3 Å². The molecule has 0 fully saturated rings. The molecule has 2 aromatic rings. The lowest BCUT2D eigenvalue weighted by molar-refractivity contribution is 0.876. The van der Waals surface area contributed by atoms with Gasteiger partial charge in [-0.2, -0.15) is 10.5 Å². The van der Waals surface area contributed by atoms with Gasteiger partial charge in [0, 0.05) is 0 Å². The molecule has 0 bridgehead atoms. The average molecular weight is 314 g/mol. The van der Waals surface area contributed by atoms with E-state index < -0.39 is 0 Å². The highest BCUT2D eigenvalue weighted by Gasteiger charge is 2.12. The Bertz CT molecular complexity index is 791. The second kappa shape index (κ2) is 8.02. The lowest BCUT2D eigenvalue weighted by atomic mass is 9.97. The van der Waals surface area contributed by atoms with Crippen LogP contribution in [0.3, 0.4) is 0 Å². The maximum Gasteiger partial charge on any atom is 0.142 e. The second-order valence-corrected chi connectivity index (χ2v) is 4.83. The molecule has 0 aromatic heterocycles. The number of hydrogen-bond donors (Lipinski definition) is 2. The van der Waals surface area contributed by atoms with Crippen LogP contribution in [0.15, 0.2) is 58.5 Å². The van der Waals surface area contributed by atoms with Gasteiger partial charge in [-0.3, -0.25) is 4.99 Å². The molecule has 0 heterocycles. The molecular formula is C18H14N6. The Kier molecular flexibility index (Phi) is 5.55. The van der Waals surface area contributed by atoms with Crippen LogP contribution in [0.1, 0.15) is 28.3 Å². The number of amidine groups is 1. The molecule has 116 valence electrons. The first-order chi connectivity index (χ1) is 11.7. The zero-order valence-electron chi connectivity index (χ0n) is 12.7. The van der Waals surface area contributed by atoms with Crippen LogP contribution in [0.2, 0.25) is 0 Å². The fourth-order valence-corrected chi connectivity index (χ4v) is 2.05. The van der Waals surface area contributed by atoms with Gasteiger partial charge in [0.05, 0.1) is 29.5 Å². The second-order valence-electron chi connectivity index (χ2n) is 4.83. The molecule has 0 saturated carbocycles. The van der Waals surface area contributed by atoms with Crippen molar-refractivity contribution in [2.24, 2.45) is 15.7 Å². The van der Waals surface area contributed by atoms with Gasteiger partial charge in [0.1, 0.15) is 18.2 Å². The summed E-state index contributed by atoms with van der Waals surface area (Å²) in [6, 6.07) is 18.0. The Hall–Kier alpha value is -3.77. The molecule has 0 saturated heterocycles. The maximum absolute atomic E-state index is 8.91. The fraction of sp³-hybridized carbons (Fsp3) is 0.0556. The van der Waals surface area contributed by atoms with Crippen LogP contribution in [0.5, 0.6) is 0 Å². The number of aliphatic imine (C=N–C) groups is 2. The van der Waals surface area contributed by atoms with Crippen molar-refractivity contribution in [3.8, 4) is 12.1 Å². The summed E-state index contributed by atoms with van der Waals surface area (Å²) in [6.45, 7) is 0. The van der Waals surface area contributed by atoms with Crippen LogP contribution < -0.4 is 5.73 Å². The van der Waals surface area contributed by atoms with Gasteiger partial charge in [-0.25, -0.2) is 4.99 Å². The third kappa shape index (κ3) is 4.12. The number of nitriles is 2. The Balaban J connectivity index is 2.41. The summed E-state index contributed by atoms with van der Waals surface area (Å²) in [6.07, 6.45) is 2.24. The summed E-state index contributed by atoms with van der Waals surface area (Å²) < 4.78 is 0. The van der Waals surface area contributed by atoms with E-state index in [1.54, 1.807) is 24.3 Å². The lowest BCUT2D eigenvalue weighted by Gasteiger charge is -2.13. The minimum absolute atomic E-state index is 0.0529. The van der Waals surface area contributed by atoms with Gasteiger partial charge >= 0.3 is 0 Å². The van der Waals surface area contributed by atoms with Crippen LogP contribution in [-0.4, -0.2) is 18.4 Å². The molecule has 24 heavy (non-hydrogen) atoms. The molecule has 6 nitrogen and oxygen atoms in total. The van der Waals surface area contributed by atoms with E-state index >= 15 is 0 Å². The Morgan fingerprint density at radius 1 is 0.958 bits per heavy atom. The molecule has 0 radical (unpaired) electrons. The summed E-state index contributed by atoms with van der Waals surface area (Å²) >= 11 is 0. The molecular weight excluding hydrogens is 300 g/mol. The van der Waals surface area contributed by atoms with E-state index in [1.165, 1.54) is 6.34 Å². The van der Waals surface area contributed by atoms with Crippen molar-refractivity contribution in [3.63, 3.8) is 0 Å². The van der Waals surface area contributed by atoms with Crippen molar-refractivity contribution in [1.29, 1.82) is 15.9 Å². The summed E-state index contributed by atoms with van der Waals surface area (Å²) in [5.74, 6) is 0.0529. The first-order valence-electron chi connectivity index (χ1n) is 7.03. The topological polar surface area (TPSA) is 122 Å². The minimum Gasteiger partial charge on any atom is -0.382 e. The molecule has 0 amide bonds. The molecule has 0 atom stereocenters. The fourth-order valence-electron chi connectivity index (χ4n) is 2.05. The number of nitrogens with zero attached hydrogens (tertiary/aromatic N) is 4. The van der Waals surface area contributed by atoms with Crippen LogP contribution in [-0.2, 0) is 0 Å². The predicted octanol–water partition coefficient (Wildman–Crippen LogP) is 2.55. The van der Waals surface area contributed by atoms with Crippen LogP contribution in [0.25, 0.3) is 0 Å². The third-order valence-corrected chi connectivity index (χ3v) is 3.28. The largest absolute Gasteiger partial charge is 0.382 e. The van der Waals surface area contributed by atoms with Crippen molar-refractivity contribution in [1.82, 2.24) is 0 Å². The molecule has 0 aliphatic carbocycles. The van der Waals surface area contributed by atoms with E-state index in [2.05, 4.69) is 22.1 Å². The van der Waals surface area contributed by atoms with Gasteiger partial charge in [-0.15, -0.1) is 0 Å². The SMILES string of the molecule is N#Cc1ccc(C(N=CN=C(N)C=N)c2ccc(C#N)cc2)cc1. The zero-order chi connectivity index (χ0) is 17.4. The number of rotatable bonds is 5. The standard InChI is InChI=1S/C18H14N6/c19-9-13-1-5-15(6-2-13)18(24-12-23-17(22)11-21)16-7-3-14(10-20)4-8-16/h1-8,11-12,18,21H,(H2,22,23,24). The lowest BCUT2D eigenvalue weighted by Crippen LogP contribution is -2.12. The van der Waals surface area contributed by atoms with E-state index in [4.69, 9.17) is 21.7 Å². The highest BCUT2D eigenvalue weighted by atomic mass is 14.9. The number of benzene rings is 2. The number of nitrogens with one attached hydrogen (secondary N) is 1. The van der Waals surface area contributed by atoms with Crippen LogP contribution >= 0.6 is 0 Å². The molecule has 2 aromatic carbocycles. The third-order valence-electron chi connectivity index (χ3n) is 3.28. The van der Waals surface area contributed by atoms with E-state index in [1.807, 2.05) is 24.3 Å². The van der Waals surface area contributed by atoms with Crippen molar-refractivity contribution >= 4 is 18.4 Å². The molecule has 3 N–H and O–H groups in total. The highest BCUT2D eigenvalue weighted by molar-refractivity contribution is 6.28. The molecule has 0 aliphatic rings. The number of nitrogens with two attached hydrogens (primary N) is 1. The van der Waals surface area contributed by atoms with Crippen LogP contribution in [0.4, 0.5) is 0 Å². The van der Waals surface area contributed by atoms with E-state index in [9.17, 15) is 0 Å². The highest BCUT2D eigenvalue weighted by Crippen LogP contribution is 2.26. The van der Waals surface area contributed by atoms with Gasteiger partial charge in [0.2, 0.25) is 0 Å². The van der Waals surface area contributed by atoms with Crippen molar-refractivity contribution < 1.29 is 0 Å². The average Bonchev–Trinajstić information content (AvgIpc) is 2.65. The summed E-state index contributed by atoms with van der Waals surface area (Å²) in [4.78, 5) is 8.26. The van der Waals surface area contributed by atoms with Crippen molar-refractivity contribution in [3.05, 3.63) is 70.8 Å². The van der Waals surface area contributed by atoms with Crippen molar-refractivity contribution in [2.75, 3.05) is 0 Å². The predicted molar refractivity (Wildman–Crippen MR) is 93.1 cm³/mol. The summed E-state index contributed by atoms with van der Waals surface area (Å²) in [5.41, 5.74) is 8.33. The molecule has 0 aliphatic heterocycles. The van der Waals surface area contributed by atoms with Gasteiger partial charge in [0.25, 0.3) is 0 Å². The Labute approximate surface area is 139 Å². The van der Waals surface area contributed by atoms with E-state index in [0.29, 0.717) is 11.1 Å². The molecule has 0 unspecified atom stereocenters. The van der Waals surface area contributed by atoms with Crippen LogP contribution in [0, 0.1) is 28.1 Å². The van der Waals surface area contributed by atoms with Gasteiger partial charge in [0.15, 0.2) is 0 Å². The van der Waals surface area contributed by atoms with Gasteiger partial charge in [-0.05, 0) is 35.4 Å². The first kappa shape index (κ1) is 16.6. The first-order valence-corrected chi connectivity index (χ1v) is 7.03.